The van der Waals surface area contributed by atoms with Crippen molar-refractivity contribution in [3.05, 3.63) is 125 Å². The summed E-state index contributed by atoms with van der Waals surface area (Å²) in [4.78, 5) is 26.2. The van der Waals surface area contributed by atoms with Gasteiger partial charge in [-0.3, -0.25) is 14.3 Å². The Morgan fingerprint density at radius 3 is 2.64 bits per heavy atom. The highest BCUT2D eigenvalue weighted by molar-refractivity contribution is 6.05. The maximum absolute atomic E-state index is 13.1. The Labute approximate surface area is 241 Å². The standard InChI is InChI=1S/C32H30N6O4/c1-21(9-7-8-16-37-19-29(35-36-37)26(20-39)22-10-3-2-4-11-22)32(42)27-17-24(14-15-28(27)34-31(32)41)38-30(40)25-13-6-5-12-23(25)18-33-38/h2-7,9-15,17-19,21,26,39,42H,8,16,20H2,1H3,(H,34,41)/b9-7+/t21-,26?,32+/m1/s1. The number of hydrogen-bond acceptors (Lipinski definition) is 7. The first-order valence-electron chi connectivity index (χ1n) is 13.8. The highest BCUT2D eigenvalue weighted by Crippen LogP contribution is 2.42. The molecule has 3 heterocycles. The van der Waals surface area contributed by atoms with Crippen molar-refractivity contribution in [3.63, 3.8) is 0 Å². The number of benzene rings is 3. The van der Waals surface area contributed by atoms with Crippen LogP contribution in [-0.4, -0.2) is 47.5 Å². The molecule has 0 saturated carbocycles. The molecule has 1 unspecified atom stereocenters. The number of nitrogens with one attached hydrogen (secondary N) is 1. The second kappa shape index (κ2) is 11.2. The van der Waals surface area contributed by atoms with Crippen LogP contribution in [0.5, 0.6) is 0 Å². The van der Waals surface area contributed by atoms with Crippen molar-refractivity contribution in [1.82, 2.24) is 24.8 Å². The molecule has 5 aromatic rings. The van der Waals surface area contributed by atoms with Gasteiger partial charge >= 0.3 is 0 Å². The lowest BCUT2D eigenvalue weighted by molar-refractivity contribution is -0.137. The van der Waals surface area contributed by atoms with Crippen LogP contribution in [0.3, 0.4) is 0 Å². The van der Waals surface area contributed by atoms with E-state index < -0.39 is 17.4 Å². The van der Waals surface area contributed by atoms with Crippen LogP contribution in [0.25, 0.3) is 16.5 Å². The number of fused-ring (bicyclic) bond motifs is 2. The summed E-state index contributed by atoms with van der Waals surface area (Å²) < 4.78 is 2.99. The van der Waals surface area contributed by atoms with Gasteiger partial charge in [-0.1, -0.05) is 72.8 Å². The molecule has 3 atom stereocenters. The average Bonchev–Trinajstić information content (AvgIpc) is 3.58. The predicted molar refractivity (Wildman–Crippen MR) is 158 cm³/mol. The van der Waals surface area contributed by atoms with E-state index in [1.807, 2.05) is 54.7 Å². The van der Waals surface area contributed by atoms with Crippen molar-refractivity contribution < 1.29 is 15.0 Å². The van der Waals surface area contributed by atoms with Gasteiger partial charge in [0.25, 0.3) is 11.5 Å². The fourth-order valence-electron chi connectivity index (χ4n) is 5.44. The Bertz CT molecular complexity index is 1850. The van der Waals surface area contributed by atoms with E-state index in [1.165, 1.54) is 4.68 Å². The molecule has 6 rings (SSSR count). The molecule has 10 nitrogen and oxygen atoms in total. The van der Waals surface area contributed by atoms with E-state index >= 15 is 0 Å². The largest absolute Gasteiger partial charge is 0.395 e. The van der Waals surface area contributed by atoms with E-state index in [9.17, 15) is 19.8 Å². The molecule has 0 spiro atoms. The number of carbonyl (C=O) groups excluding carboxylic acids is 1. The molecule has 0 fully saturated rings. The molecule has 3 N–H and O–H groups in total. The normalized spacial score (nSPS) is 17.8. The Morgan fingerprint density at radius 2 is 1.83 bits per heavy atom. The molecule has 3 aromatic carbocycles. The van der Waals surface area contributed by atoms with Gasteiger partial charge in [0, 0.05) is 35.3 Å². The number of aliphatic hydroxyl groups excluding tert-OH is 1. The molecule has 0 radical (unpaired) electrons. The summed E-state index contributed by atoms with van der Waals surface area (Å²) in [5.74, 6) is -1.35. The minimum atomic E-state index is -1.83. The number of anilines is 1. The predicted octanol–water partition coefficient (Wildman–Crippen LogP) is 3.52. The first-order chi connectivity index (χ1) is 20.4. The van der Waals surface area contributed by atoms with E-state index in [4.69, 9.17) is 0 Å². The fourth-order valence-corrected chi connectivity index (χ4v) is 5.44. The van der Waals surface area contributed by atoms with Crippen molar-refractivity contribution in [2.45, 2.75) is 31.4 Å². The molecule has 2 aromatic heterocycles. The van der Waals surface area contributed by atoms with E-state index in [2.05, 4.69) is 20.7 Å². The molecule has 0 aliphatic carbocycles. The van der Waals surface area contributed by atoms with E-state index in [1.54, 1.807) is 54.2 Å². The van der Waals surface area contributed by atoms with Gasteiger partial charge in [0.05, 0.1) is 35.5 Å². The van der Waals surface area contributed by atoms with Gasteiger partial charge in [0.1, 0.15) is 0 Å². The maximum atomic E-state index is 13.1. The SMILES string of the molecule is C[C@H](/C=C/CCn1cc(C(CO)c2ccccc2)nn1)[C@@]1(O)C(=O)Nc2ccc(-n3ncc4ccccc4c3=O)cc21. The first kappa shape index (κ1) is 27.3. The molecule has 42 heavy (non-hydrogen) atoms. The van der Waals surface area contributed by atoms with Crippen molar-refractivity contribution in [1.29, 1.82) is 0 Å². The zero-order chi connectivity index (χ0) is 29.3. The summed E-state index contributed by atoms with van der Waals surface area (Å²) in [6.07, 6.45) is 7.73. The molecule has 212 valence electrons. The molecular weight excluding hydrogens is 532 g/mol. The summed E-state index contributed by atoms with van der Waals surface area (Å²) in [5, 5.41) is 38.4. The van der Waals surface area contributed by atoms with Crippen LogP contribution >= 0.6 is 0 Å². The zero-order valence-corrected chi connectivity index (χ0v) is 23.0. The summed E-state index contributed by atoms with van der Waals surface area (Å²) in [7, 11) is 0. The number of amides is 1. The van der Waals surface area contributed by atoms with Crippen LogP contribution in [0.4, 0.5) is 5.69 Å². The Balaban J connectivity index is 1.18. The van der Waals surface area contributed by atoms with Gasteiger partial charge < -0.3 is 15.5 Å². The van der Waals surface area contributed by atoms with Crippen LogP contribution in [-0.2, 0) is 16.9 Å². The molecule has 1 aliphatic rings. The van der Waals surface area contributed by atoms with Crippen LogP contribution in [0.1, 0.15) is 36.1 Å². The lowest BCUT2D eigenvalue weighted by Crippen LogP contribution is -2.39. The Morgan fingerprint density at radius 1 is 1.05 bits per heavy atom. The molecular formula is C32H30N6O4. The topological polar surface area (TPSA) is 135 Å². The van der Waals surface area contributed by atoms with Crippen LogP contribution in [0, 0.1) is 5.92 Å². The summed E-state index contributed by atoms with van der Waals surface area (Å²) >= 11 is 0. The molecule has 10 heteroatoms. The second-order valence-electron chi connectivity index (χ2n) is 10.5. The number of aliphatic hydroxyl groups is 2. The van der Waals surface area contributed by atoms with Crippen molar-refractivity contribution in [2.75, 3.05) is 11.9 Å². The molecule has 0 bridgehead atoms. The highest BCUT2D eigenvalue weighted by atomic mass is 16.3. The van der Waals surface area contributed by atoms with E-state index in [-0.39, 0.29) is 18.1 Å². The number of hydrogen-bond donors (Lipinski definition) is 3. The van der Waals surface area contributed by atoms with E-state index in [0.717, 1.165) is 10.9 Å². The Hall–Kier alpha value is -4.93. The summed E-state index contributed by atoms with van der Waals surface area (Å²) in [6.45, 7) is 2.23. The molecule has 0 saturated heterocycles. The van der Waals surface area contributed by atoms with Crippen molar-refractivity contribution >= 4 is 22.4 Å². The fraction of sp³-hybridized carbons (Fsp3) is 0.219. The first-order valence-corrected chi connectivity index (χ1v) is 13.8. The quantitative estimate of drug-likeness (QED) is 0.234. The Kier molecular flexibility index (Phi) is 7.24. The number of rotatable bonds is 9. The van der Waals surface area contributed by atoms with Gasteiger partial charge in [-0.25, -0.2) is 0 Å². The van der Waals surface area contributed by atoms with Crippen molar-refractivity contribution in [2.24, 2.45) is 5.92 Å². The zero-order valence-electron chi connectivity index (χ0n) is 23.0. The monoisotopic (exact) mass is 562 g/mol. The minimum Gasteiger partial charge on any atom is -0.395 e. The van der Waals surface area contributed by atoms with Gasteiger partial charge in [0.2, 0.25) is 0 Å². The summed E-state index contributed by atoms with van der Waals surface area (Å²) in [6, 6.07) is 21.9. The van der Waals surface area contributed by atoms with Gasteiger partial charge in [0.15, 0.2) is 5.60 Å². The third-order valence-corrected chi connectivity index (χ3v) is 7.86. The molecule has 1 amide bonds. The average molecular weight is 563 g/mol. The maximum Gasteiger partial charge on any atom is 0.279 e. The van der Waals surface area contributed by atoms with E-state index in [0.29, 0.717) is 41.0 Å². The van der Waals surface area contributed by atoms with Gasteiger partial charge in [-0.15, -0.1) is 5.10 Å². The number of aromatic nitrogens is 5. The van der Waals surface area contributed by atoms with Crippen LogP contribution < -0.4 is 10.9 Å². The number of allylic oxidation sites excluding steroid dienone is 1. The number of carbonyl (C=O) groups is 1. The van der Waals surface area contributed by atoms with Crippen LogP contribution in [0.2, 0.25) is 0 Å². The second-order valence-corrected chi connectivity index (χ2v) is 10.5. The molecule has 1 aliphatic heterocycles. The summed E-state index contributed by atoms with van der Waals surface area (Å²) in [5.41, 5.74) is 0.876. The van der Waals surface area contributed by atoms with Gasteiger partial charge in [-0.05, 0) is 36.2 Å². The van der Waals surface area contributed by atoms with Crippen molar-refractivity contribution in [3.8, 4) is 5.69 Å². The number of aryl methyl sites for hydroxylation is 1. The minimum absolute atomic E-state index is 0.0739. The van der Waals surface area contributed by atoms with Crippen LogP contribution in [0.15, 0.2) is 102 Å². The lowest BCUT2D eigenvalue weighted by atomic mass is 9.82. The smallest absolute Gasteiger partial charge is 0.279 e. The highest BCUT2D eigenvalue weighted by Gasteiger charge is 2.48. The third-order valence-electron chi connectivity index (χ3n) is 7.86. The number of nitrogens with zero attached hydrogens (tertiary/aromatic N) is 5. The lowest BCUT2D eigenvalue weighted by Gasteiger charge is -2.26. The van der Waals surface area contributed by atoms with Gasteiger partial charge in [-0.2, -0.15) is 9.78 Å². The third kappa shape index (κ3) is 4.80.